The molecule has 2 aromatic carbocycles. The molecule has 2 amide bonds. The fourth-order valence-corrected chi connectivity index (χ4v) is 3.54. The summed E-state index contributed by atoms with van der Waals surface area (Å²) in [5.74, 6) is -2.49. The van der Waals surface area contributed by atoms with Crippen LogP contribution in [0.3, 0.4) is 0 Å². The molecule has 2 aromatic rings. The van der Waals surface area contributed by atoms with Crippen LogP contribution in [-0.4, -0.2) is 60.9 Å². The van der Waals surface area contributed by atoms with Gasteiger partial charge in [0.1, 0.15) is 12.6 Å². The molecule has 3 rings (SSSR count). The Labute approximate surface area is 182 Å². The van der Waals surface area contributed by atoms with Crippen molar-refractivity contribution in [3.05, 3.63) is 59.7 Å². The zero-order chi connectivity index (χ0) is 23.3. The second-order valence-electron chi connectivity index (χ2n) is 7.17. The van der Waals surface area contributed by atoms with E-state index < -0.39 is 43.5 Å². The molecule has 8 nitrogen and oxygen atoms in total. The summed E-state index contributed by atoms with van der Waals surface area (Å²) in [6.45, 7) is -0.868. The van der Waals surface area contributed by atoms with Gasteiger partial charge in [-0.3, -0.25) is 9.63 Å². The lowest BCUT2D eigenvalue weighted by atomic mass is 9.98. The first-order valence-corrected chi connectivity index (χ1v) is 9.78. The number of ether oxygens (including phenoxy) is 1. The van der Waals surface area contributed by atoms with Gasteiger partial charge in [-0.25, -0.2) is 23.4 Å². The predicted molar refractivity (Wildman–Crippen MR) is 109 cm³/mol. The number of alkyl halides is 2. The Morgan fingerprint density at radius 2 is 1.62 bits per heavy atom. The van der Waals surface area contributed by atoms with Gasteiger partial charge in [0.2, 0.25) is 5.91 Å². The van der Waals surface area contributed by atoms with Crippen LogP contribution in [0.1, 0.15) is 23.5 Å². The van der Waals surface area contributed by atoms with Crippen molar-refractivity contribution in [3.8, 4) is 11.1 Å². The third kappa shape index (κ3) is 5.38. The molecule has 0 spiro atoms. The zero-order valence-corrected chi connectivity index (χ0v) is 17.2. The number of carboxylic acids is 1. The van der Waals surface area contributed by atoms with E-state index in [4.69, 9.17) is 9.84 Å². The summed E-state index contributed by atoms with van der Waals surface area (Å²) in [5.41, 5.74) is 3.99. The summed E-state index contributed by atoms with van der Waals surface area (Å²) in [7, 11) is 1.10. The van der Waals surface area contributed by atoms with Crippen molar-refractivity contribution in [1.82, 2.24) is 10.4 Å². The van der Waals surface area contributed by atoms with E-state index in [2.05, 4.69) is 4.84 Å². The monoisotopic (exact) mass is 448 g/mol. The van der Waals surface area contributed by atoms with Crippen molar-refractivity contribution >= 4 is 18.0 Å². The van der Waals surface area contributed by atoms with Crippen LogP contribution in [0, 0.1) is 0 Å². The molecule has 0 aromatic heterocycles. The molecule has 0 heterocycles. The average molecular weight is 448 g/mol. The van der Waals surface area contributed by atoms with Crippen LogP contribution in [0.5, 0.6) is 0 Å². The Morgan fingerprint density at radius 3 is 2.16 bits per heavy atom. The molecule has 0 bridgehead atoms. The number of halogens is 2. The standard InChI is InChI=1S/C22H22F2N2O6/c1-26(32-12-20(28)29)19(27)10-18(21(23)24)25-22(30)31-11-17-15-8-4-2-6-13(15)14-7-3-5-9-16(14)17/h2-9,17-18,21H,10-12H2,1H3,(H,25,30)(H,28,29). The summed E-state index contributed by atoms with van der Waals surface area (Å²) in [6.07, 6.45) is -4.93. The zero-order valence-electron chi connectivity index (χ0n) is 17.2. The molecular weight excluding hydrogens is 426 g/mol. The normalized spacial score (nSPS) is 13.2. The largest absolute Gasteiger partial charge is 0.479 e. The van der Waals surface area contributed by atoms with Gasteiger partial charge < -0.3 is 15.2 Å². The van der Waals surface area contributed by atoms with E-state index in [9.17, 15) is 23.2 Å². The van der Waals surface area contributed by atoms with E-state index in [1.807, 2.05) is 53.8 Å². The van der Waals surface area contributed by atoms with Gasteiger partial charge in [-0.2, -0.15) is 0 Å². The molecule has 0 radical (unpaired) electrons. The number of nitrogens with zero attached hydrogens (tertiary/aromatic N) is 1. The molecule has 170 valence electrons. The Balaban J connectivity index is 1.59. The fraction of sp³-hybridized carbons (Fsp3) is 0.318. The van der Waals surface area contributed by atoms with Crippen molar-refractivity contribution in [2.24, 2.45) is 0 Å². The minimum absolute atomic E-state index is 0.0641. The number of carboxylic acid groups (broad SMARTS) is 1. The minimum atomic E-state index is -3.05. The average Bonchev–Trinajstić information content (AvgIpc) is 3.09. The Hall–Kier alpha value is -3.53. The SMILES string of the molecule is CN(OCC(=O)O)C(=O)CC(NC(=O)OCC1c2ccccc2-c2ccccc21)C(F)F. The molecule has 2 N–H and O–H groups in total. The minimum Gasteiger partial charge on any atom is -0.479 e. The van der Waals surface area contributed by atoms with Gasteiger partial charge in [0.25, 0.3) is 6.43 Å². The summed E-state index contributed by atoms with van der Waals surface area (Å²) < 4.78 is 31.9. The Kier molecular flexibility index (Phi) is 7.37. The second kappa shape index (κ2) is 10.2. The molecule has 32 heavy (non-hydrogen) atoms. The number of nitrogens with one attached hydrogen (secondary N) is 1. The number of hydroxylamine groups is 2. The molecule has 0 fully saturated rings. The number of amides is 2. The van der Waals surface area contributed by atoms with Crippen molar-refractivity contribution in [2.75, 3.05) is 20.3 Å². The molecule has 1 aliphatic carbocycles. The maximum absolute atomic E-state index is 13.4. The number of carbonyl (C=O) groups is 3. The molecule has 0 aliphatic heterocycles. The van der Waals surface area contributed by atoms with Crippen LogP contribution in [0.15, 0.2) is 48.5 Å². The van der Waals surface area contributed by atoms with Crippen molar-refractivity contribution in [3.63, 3.8) is 0 Å². The first-order chi connectivity index (χ1) is 15.3. The highest BCUT2D eigenvalue weighted by Gasteiger charge is 2.31. The Morgan fingerprint density at radius 1 is 1.06 bits per heavy atom. The van der Waals surface area contributed by atoms with Gasteiger partial charge in [-0.05, 0) is 22.3 Å². The van der Waals surface area contributed by atoms with Crippen LogP contribution in [0.25, 0.3) is 11.1 Å². The van der Waals surface area contributed by atoms with E-state index >= 15 is 0 Å². The maximum Gasteiger partial charge on any atom is 0.407 e. The fourth-order valence-electron chi connectivity index (χ4n) is 3.54. The molecule has 0 saturated carbocycles. The summed E-state index contributed by atoms with van der Waals surface area (Å²) in [6, 6.07) is 13.5. The van der Waals surface area contributed by atoms with Gasteiger partial charge in [0, 0.05) is 13.0 Å². The van der Waals surface area contributed by atoms with Gasteiger partial charge >= 0.3 is 12.1 Å². The number of benzene rings is 2. The number of aliphatic carboxylic acids is 1. The van der Waals surface area contributed by atoms with Crippen molar-refractivity contribution < 1.29 is 37.8 Å². The molecule has 0 saturated heterocycles. The number of hydrogen-bond donors (Lipinski definition) is 2. The van der Waals surface area contributed by atoms with Crippen LogP contribution < -0.4 is 5.32 Å². The summed E-state index contributed by atoms with van der Waals surface area (Å²) >= 11 is 0. The molecular formula is C22H22F2N2O6. The molecule has 1 atom stereocenters. The highest BCUT2D eigenvalue weighted by atomic mass is 19.3. The number of fused-ring (bicyclic) bond motifs is 3. The van der Waals surface area contributed by atoms with Crippen molar-refractivity contribution in [1.29, 1.82) is 0 Å². The van der Waals surface area contributed by atoms with E-state index in [1.54, 1.807) is 0 Å². The number of alkyl carbamates (subject to hydrolysis) is 1. The topological polar surface area (TPSA) is 105 Å². The second-order valence-corrected chi connectivity index (χ2v) is 7.17. The van der Waals surface area contributed by atoms with Gasteiger partial charge in [0.05, 0.1) is 6.42 Å². The number of hydrogen-bond acceptors (Lipinski definition) is 5. The third-order valence-electron chi connectivity index (χ3n) is 5.08. The van der Waals surface area contributed by atoms with Crippen LogP contribution >= 0.6 is 0 Å². The molecule has 10 heteroatoms. The van der Waals surface area contributed by atoms with E-state index in [0.29, 0.717) is 5.06 Å². The Bertz CT molecular complexity index is 954. The predicted octanol–water partition coefficient (Wildman–Crippen LogP) is 3.02. The third-order valence-corrected chi connectivity index (χ3v) is 5.08. The first kappa shape index (κ1) is 23.1. The van der Waals surface area contributed by atoms with Gasteiger partial charge in [-0.1, -0.05) is 48.5 Å². The lowest BCUT2D eigenvalue weighted by Gasteiger charge is -2.21. The van der Waals surface area contributed by atoms with Crippen LogP contribution in [0.2, 0.25) is 0 Å². The quantitative estimate of drug-likeness (QED) is 0.572. The van der Waals surface area contributed by atoms with Gasteiger partial charge in [-0.15, -0.1) is 0 Å². The van der Waals surface area contributed by atoms with E-state index in [0.717, 1.165) is 29.3 Å². The highest BCUT2D eigenvalue weighted by Crippen LogP contribution is 2.44. The van der Waals surface area contributed by atoms with Gasteiger partial charge in [0.15, 0.2) is 6.61 Å². The highest BCUT2D eigenvalue weighted by molar-refractivity contribution is 5.79. The smallest absolute Gasteiger partial charge is 0.407 e. The van der Waals surface area contributed by atoms with E-state index in [-0.39, 0.29) is 12.5 Å². The lowest BCUT2D eigenvalue weighted by Crippen LogP contribution is -2.44. The first-order valence-electron chi connectivity index (χ1n) is 9.78. The maximum atomic E-state index is 13.4. The van der Waals surface area contributed by atoms with Crippen LogP contribution in [0.4, 0.5) is 13.6 Å². The van der Waals surface area contributed by atoms with Crippen molar-refractivity contribution in [2.45, 2.75) is 24.8 Å². The molecule has 1 aliphatic rings. The number of rotatable bonds is 9. The van der Waals surface area contributed by atoms with E-state index in [1.165, 1.54) is 0 Å². The summed E-state index contributed by atoms with van der Waals surface area (Å²) in [5, 5.41) is 11.1. The summed E-state index contributed by atoms with van der Waals surface area (Å²) in [4.78, 5) is 39.3. The van der Waals surface area contributed by atoms with Crippen LogP contribution in [-0.2, 0) is 19.2 Å². The number of carbonyl (C=O) groups excluding carboxylic acids is 2. The molecule has 1 unspecified atom stereocenters. The lowest BCUT2D eigenvalue weighted by molar-refractivity contribution is -0.186.